The molecular weight excluding hydrogens is 256 g/mol. The molecule has 0 unspecified atom stereocenters. The number of aryl methyl sites for hydroxylation is 1. The molecule has 0 radical (unpaired) electrons. The topological polar surface area (TPSA) is 40.5 Å². The van der Waals surface area contributed by atoms with E-state index in [1.165, 1.54) is 0 Å². The molecule has 0 heterocycles. The number of aliphatic hydroxyl groups excluding tert-OH is 2. The predicted molar refractivity (Wildman–Crippen MR) is 65.4 cm³/mol. The van der Waals surface area contributed by atoms with Gasteiger partial charge in [-0.05, 0) is 6.42 Å². The van der Waals surface area contributed by atoms with E-state index in [1.54, 1.807) is 0 Å². The first-order chi connectivity index (χ1) is 7.88. The van der Waals surface area contributed by atoms with Crippen molar-refractivity contribution in [3.05, 3.63) is 59.7 Å². The summed E-state index contributed by atoms with van der Waals surface area (Å²) in [5.41, 5.74) is 2.14. The minimum Gasteiger partial charge on any atom is -0.396 e. The second kappa shape index (κ2) is 10.3. The van der Waals surface area contributed by atoms with Crippen LogP contribution >= 0.6 is 0 Å². The number of hydrogen-bond acceptors (Lipinski definition) is 2. The van der Waals surface area contributed by atoms with E-state index in [-0.39, 0.29) is 30.3 Å². The molecule has 0 spiro atoms. The molecule has 94 valence electrons. The van der Waals surface area contributed by atoms with E-state index in [1.807, 2.05) is 48.5 Å². The van der Waals surface area contributed by atoms with Gasteiger partial charge in [0.25, 0.3) is 0 Å². The Balaban J connectivity index is 0.000000360. The predicted octanol–water partition coefficient (Wildman–Crippen LogP) is 2.23. The maximum atomic E-state index is 8.84. The van der Waals surface area contributed by atoms with Gasteiger partial charge in [0, 0.05) is 13.2 Å². The van der Waals surface area contributed by atoms with Crippen molar-refractivity contribution in [1.29, 1.82) is 0 Å². The Hall–Kier alpha value is -0.861. The molecule has 0 aliphatic heterocycles. The van der Waals surface area contributed by atoms with E-state index in [0.29, 0.717) is 0 Å². The zero-order valence-corrected chi connectivity index (χ0v) is 10.8. The SMILES string of the molecule is OCCC[c-]1cccc1CO.[Fe+2].c1cc[cH-]c1. The van der Waals surface area contributed by atoms with Crippen molar-refractivity contribution >= 4 is 0 Å². The minimum absolute atomic E-state index is 0. The molecule has 0 bridgehead atoms. The Bertz CT molecular complexity index is 335. The quantitative estimate of drug-likeness (QED) is 0.663. The molecule has 0 fully saturated rings. The van der Waals surface area contributed by atoms with Gasteiger partial charge in [-0.3, -0.25) is 0 Å². The third-order valence-electron chi connectivity index (χ3n) is 2.34. The van der Waals surface area contributed by atoms with Crippen molar-refractivity contribution in [2.75, 3.05) is 6.61 Å². The Morgan fingerprint density at radius 1 is 1.12 bits per heavy atom. The smallest absolute Gasteiger partial charge is 0.396 e. The van der Waals surface area contributed by atoms with Gasteiger partial charge in [-0.1, -0.05) is 6.42 Å². The number of aliphatic hydroxyl groups is 2. The molecule has 0 aliphatic rings. The van der Waals surface area contributed by atoms with Gasteiger partial charge in [0.05, 0.1) is 0 Å². The summed E-state index contributed by atoms with van der Waals surface area (Å²) in [5, 5.41) is 17.4. The Kier molecular flexibility index (Phi) is 9.78. The van der Waals surface area contributed by atoms with Crippen molar-refractivity contribution in [2.24, 2.45) is 0 Å². The first-order valence-electron chi connectivity index (χ1n) is 5.50. The van der Waals surface area contributed by atoms with Crippen LogP contribution in [0.5, 0.6) is 0 Å². The fourth-order valence-corrected chi connectivity index (χ4v) is 1.48. The van der Waals surface area contributed by atoms with Crippen LogP contribution in [-0.2, 0) is 30.1 Å². The van der Waals surface area contributed by atoms with Gasteiger partial charge in [0.1, 0.15) is 0 Å². The Morgan fingerprint density at radius 3 is 2.29 bits per heavy atom. The minimum atomic E-state index is 0. The van der Waals surface area contributed by atoms with E-state index >= 15 is 0 Å². The molecule has 0 saturated heterocycles. The normalized spacial score (nSPS) is 9.06. The van der Waals surface area contributed by atoms with Crippen LogP contribution in [0.1, 0.15) is 17.5 Å². The standard InChI is InChI=1S/C9H13O2.C5H5.Fe/c10-6-2-5-8-3-1-4-9(8)7-11;1-2-4-5-3-1;/h1,3-4,10-11H,2,5-7H2;1-5H;/q2*-1;+2. The largest absolute Gasteiger partial charge is 2.00 e. The Morgan fingerprint density at radius 2 is 1.82 bits per heavy atom. The fraction of sp³-hybridized carbons (Fsp3) is 0.286. The van der Waals surface area contributed by atoms with Crippen molar-refractivity contribution in [3.8, 4) is 0 Å². The molecule has 2 N–H and O–H groups in total. The maximum absolute atomic E-state index is 8.84. The average molecular weight is 274 g/mol. The molecule has 2 aromatic rings. The zero-order chi connectivity index (χ0) is 11.6. The van der Waals surface area contributed by atoms with E-state index in [9.17, 15) is 0 Å². The van der Waals surface area contributed by atoms with Crippen LogP contribution in [0.4, 0.5) is 0 Å². The first-order valence-corrected chi connectivity index (χ1v) is 5.50. The van der Waals surface area contributed by atoms with Crippen LogP contribution in [-0.4, -0.2) is 16.8 Å². The third-order valence-corrected chi connectivity index (χ3v) is 2.34. The summed E-state index contributed by atoms with van der Waals surface area (Å²) in [4.78, 5) is 0. The number of hydrogen-bond donors (Lipinski definition) is 2. The Labute approximate surface area is 113 Å². The van der Waals surface area contributed by atoms with Crippen LogP contribution in [0.15, 0.2) is 48.5 Å². The molecule has 0 amide bonds. The maximum Gasteiger partial charge on any atom is 2.00 e. The molecule has 2 rings (SSSR count). The van der Waals surface area contributed by atoms with Crippen molar-refractivity contribution in [2.45, 2.75) is 19.4 Å². The average Bonchev–Trinajstić information content (AvgIpc) is 2.99. The van der Waals surface area contributed by atoms with Crippen LogP contribution in [0, 0.1) is 0 Å². The fourth-order valence-electron chi connectivity index (χ4n) is 1.48. The summed E-state index contributed by atoms with van der Waals surface area (Å²) in [7, 11) is 0. The summed E-state index contributed by atoms with van der Waals surface area (Å²) in [6.45, 7) is 0.323. The zero-order valence-electron chi connectivity index (χ0n) is 9.70. The van der Waals surface area contributed by atoms with Crippen LogP contribution < -0.4 is 0 Å². The summed E-state index contributed by atoms with van der Waals surface area (Å²) in [5.74, 6) is 0. The second-order valence-electron chi connectivity index (χ2n) is 3.52. The molecule has 0 aliphatic carbocycles. The van der Waals surface area contributed by atoms with Gasteiger partial charge >= 0.3 is 17.1 Å². The molecule has 0 saturated carbocycles. The summed E-state index contributed by atoms with van der Waals surface area (Å²) >= 11 is 0. The van der Waals surface area contributed by atoms with Gasteiger partial charge in [0.15, 0.2) is 0 Å². The summed E-state index contributed by atoms with van der Waals surface area (Å²) in [6, 6.07) is 15.8. The summed E-state index contributed by atoms with van der Waals surface area (Å²) in [6.07, 6.45) is 1.64. The van der Waals surface area contributed by atoms with E-state index < -0.39 is 0 Å². The van der Waals surface area contributed by atoms with E-state index in [4.69, 9.17) is 10.2 Å². The molecule has 0 atom stereocenters. The van der Waals surface area contributed by atoms with Crippen molar-refractivity contribution < 1.29 is 27.3 Å². The van der Waals surface area contributed by atoms with Gasteiger partial charge in [-0.2, -0.15) is 29.8 Å². The van der Waals surface area contributed by atoms with Gasteiger partial charge in [0.2, 0.25) is 0 Å². The monoisotopic (exact) mass is 274 g/mol. The molecule has 2 aromatic carbocycles. The summed E-state index contributed by atoms with van der Waals surface area (Å²) < 4.78 is 0. The molecule has 0 aromatic heterocycles. The number of rotatable bonds is 4. The van der Waals surface area contributed by atoms with Crippen molar-refractivity contribution in [3.63, 3.8) is 0 Å². The van der Waals surface area contributed by atoms with E-state index in [2.05, 4.69) is 0 Å². The molecule has 17 heavy (non-hydrogen) atoms. The molecule has 3 heteroatoms. The van der Waals surface area contributed by atoms with Crippen LogP contribution in [0.25, 0.3) is 0 Å². The van der Waals surface area contributed by atoms with Gasteiger partial charge in [-0.25, -0.2) is 24.3 Å². The van der Waals surface area contributed by atoms with Gasteiger partial charge in [-0.15, -0.1) is 5.56 Å². The van der Waals surface area contributed by atoms with Crippen LogP contribution in [0.3, 0.4) is 0 Å². The third kappa shape index (κ3) is 6.44. The first kappa shape index (κ1) is 16.1. The van der Waals surface area contributed by atoms with Gasteiger partial charge < -0.3 is 10.2 Å². The van der Waals surface area contributed by atoms with Crippen LogP contribution in [0.2, 0.25) is 0 Å². The molecular formula is C14H18FeO2. The van der Waals surface area contributed by atoms with Crippen molar-refractivity contribution in [1.82, 2.24) is 0 Å². The van der Waals surface area contributed by atoms with E-state index in [0.717, 1.165) is 24.0 Å². The second-order valence-corrected chi connectivity index (χ2v) is 3.52. The molecule has 2 nitrogen and oxygen atoms in total.